The fourth-order valence-corrected chi connectivity index (χ4v) is 1.66. The van der Waals surface area contributed by atoms with E-state index in [2.05, 4.69) is 5.32 Å². The molecule has 2 saturated carbocycles. The summed E-state index contributed by atoms with van der Waals surface area (Å²) in [6.07, 6.45) is 6.24. The maximum absolute atomic E-state index is 2.75. The van der Waals surface area contributed by atoms with Gasteiger partial charge in [-0.05, 0) is 32.4 Å². The van der Waals surface area contributed by atoms with Crippen molar-refractivity contribution in [1.82, 2.24) is 5.32 Å². The minimum atomic E-state index is 1.21. The van der Waals surface area contributed by atoms with Gasteiger partial charge < -0.3 is 5.32 Å². The van der Waals surface area contributed by atoms with Crippen LogP contribution in [0.15, 0.2) is 0 Å². The summed E-state index contributed by atoms with van der Waals surface area (Å²) >= 11 is 0. The summed E-state index contributed by atoms with van der Waals surface area (Å²) in [5, 5.41) is 2.75. The first kappa shape index (κ1) is 7.07. The fraction of sp³-hybridized carbons (Fsp3) is 1.00. The first-order valence-electron chi connectivity index (χ1n) is 3.97. The Kier molecular flexibility index (Phi) is 2.52. The zero-order chi connectivity index (χ0) is 6.69. The molecule has 0 bridgehead atoms. The van der Waals surface area contributed by atoms with E-state index in [9.17, 15) is 0 Å². The highest BCUT2D eigenvalue weighted by atomic mass is 14.7. The molecular formula is C8H17N. The van der Waals surface area contributed by atoms with Crippen LogP contribution < -0.4 is 5.32 Å². The summed E-state index contributed by atoms with van der Waals surface area (Å²) in [6, 6.07) is 0. The Morgan fingerprint density at radius 2 is 1.56 bits per heavy atom. The van der Waals surface area contributed by atoms with E-state index in [0.29, 0.717) is 0 Å². The third-order valence-electron chi connectivity index (χ3n) is 2.22. The highest BCUT2D eigenvalue weighted by Gasteiger charge is 2.40. The van der Waals surface area contributed by atoms with E-state index in [1.165, 1.54) is 18.3 Å². The summed E-state index contributed by atoms with van der Waals surface area (Å²) in [4.78, 5) is 0. The highest BCUT2D eigenvalue weighted by molar-refractivity contribution is 4.91. The second kappa shape index (κ2) is 3.21. The van der Waals surface area contributed by atoms with Crippen LogP contribution in [0.2, 0.25) is 0 Å². The maximum atomic E-state index is 2.75. The Labute approximate surface area is 57.8 Å². The zero-order valence-electron chi connectivity index (χ0n) is 6.48. The van der Waals surface area contributed by atoms with Gasteiger partial charge in [0.05, 0.1) is 0 Å². The molecule has 0 aromatic heterocycles. The van der Waals surface area contributed by atoms with Gasteiger partial charge in [0.2, 0.25) is 0 Å². The van der Waals surface area contributed by atoms with Crippen LogP contribution in [-0.2, 0) is 0 Å². The number of hydrogen-bond donors (Lipinski definition) is 1. The minimum absolute atomic E-state index is 1.21. The monoisotopic (exact) mass is 127 g/mol. The zero-order valence-corrected chi connectivity index (χ0v) is 6.48. The normalized spacial score (nSPS) is 36.7. The Balaban J connectivity index is 0.000000120. The largest absolute Gasteiger partial charge is 0.323 e. The molecule has 0 saturated heterocycles. The van der Waals surface area contributed by atoms with Gasteiger partial charge >= 0.3 is 0 Å². The predicted molar refractivity (Wildman–Crippen MR) is 40.4 cm³/mol. The van der Waals surface area contributed by atoms with E-state index in [0.717, 1.165) is 0 Å². The van der Waals surface area contributed by atoms with E-state index in [-0.39, 0.29) is 0 Å². The average molecular weight is 127 g/mol. The quantitative estimate of drug-likeness (QED) is 0.521. The smallest absolute Gasteiger partial charge is 0.0167 e. The van der Waals surface area contributed by atoms with Gasteiger partial charge in [-0.15, -0.1) is 0 Å². The van der Waals surface area contributed by atoms with Crippen LogP contribution in [0.5, 0.6) is 0 Å². The molecule has 0 radical (unpaired) electrons. The van der Waals surface area contributed by atoms with Crippen molar-refractivity contribution in [2.45, 2.75) is 25.7 Å². The Morgan fingerprint density at radius 1 is 1.11 bits per heavy atom. The topological polar surface area (TPSA) is 12.0 Å². The Bertz CT molecular complexity index is 72.6. The summed E-state index contributed by atoms with van der Waals surface area (Å²) < 4.78 is 0. The Morgan fingerprint density at radius 3 is 1.67 bits per heavy atom. The molecule has 1 N–H and O–H groups in total. The molecule has 0 aliphatic heterocycles. The molecule has 9 heavy (non-hydrogen) atoms. The van der Waals surface area contributed by atoms with Crippen LogP contribution in [0.1, 0.15) is 25.7 Å². The van der Waals surface area contributed by atoms with E-state index in [4.69, 9.17) is 0 Å². The van der Waals surface area contributed by atoms with E-state index < -0.39 is 0 Å². The second-order valence-electron chi connectivity index (χ2n) is 3.19. The molecule has 1 nitrogen and oxygen atoms in total. The van der Waals surface area contributed by atoms with Gasteiger partial charge in [0.25, 0.3) is 0 Å². The van der Waals surface area contributed by atoms with E-state index in [1.54, 1.807) is 19.3 Å². The molecule has 0 aromatic carbocycles. The molecule has 54 valence electrons. The Hall–Kier alpha value is -0.0400. The van der Waals surface area contributed by atoms with Gasteiger partial charge in [0.15, 0.2) is 0 Å². The van der Waals surface area contributed by atoms with Gasteiger partial charge in [-0.1, -0.05) is 19.3 Å². The van der Waals surface area contributed by atoms with Crippen molar-refractivity contribution in [3.8, 4) is 0 Å². The van der Waals surface area contributed by atoms with Crippen LogP contribution in [0, 0.1) is 11.8 Å². The van der Waals surface area contributed by atoms with Gasteiger partial charge in [0.1, 0.15) is 0 Å². The molecule has 0 heterocycles. The molecule has 1 heteroatoms. The van der Waals surface area contributed by atoms with Crippen LogP contribution in [0.3, 0.4) is 0 Å². The first-order chi connectivity index (χ1) is 4.38. The number of rotatable bonds is 0. The molecule has 0 spiro atoms. The molecule has 2 aliphatic carbocycles. The number of fused-ring (bicyclic) bond motifs is 1. The van der Waals surface area contributed by atoms with Crippen molar-refractivity contribution in [3.05, 3.63) is 0 Å². The minimum Gasteiger partial charge on any atom is -0.323 e. The maximum Gasteiger partial charge on any atom is -0.0167 e. The molecule has 2 unspecified atom stereocenters. The van der Waals surface area contributed by atoms with Crippen molar-refractivity contribution >= 4 is 0 Å². The summed E-state index contributed by atoms with van der Waals surface area (Å²) in [7, 11) is 3.75. The van der Waals surface area contributed by atoms with Crippen LogP contribution in [-0.4, -0.2) is 14.1 Å². The van der Waals surface area contributed by atoms with Crippen molar-refractivity contribution in [3.63, 3.8) is 0 Å². The first-order valence-corrected chi connectivity index (χ1v) is 3.97. The second-order valence-corrected chi connectivity index (χ2v) is 3.19. The summed E-state index contributed by atoms with van der Waals surface area (Å²) in [5.41, 5.74) is 0. The fourth-order valence-electron chi connectivity index (χ4n) is 1.66. The number of hydrogen-bond acceptors (Lipinski definition) is 1. The lowest BCUT2D eigenvalue weighted by Gasteiger charge is -1.80. The van der Waals surface area contributed by atoms with E-state index >= 15 is 0 Å². The molecule has 0 amide bonds. The molecule has 2 atom stereocenters. The van der Waals surface area contributed by atoms with Crippen molar-refractivity contribution < 1.29 is 0 Å². The van der Waals surface area contributed by atoms with Crippen LogP contribution in [0.4, 0.5) is 0 Å². The molecule has 2 fully saturated rings. The third-order valence-corrected chi connectivity index (χ3v) is 2.22. The van der Waals surface area contributed by atoms with Crippen molar-refractivity contribution in [2.75, 3.05) is 14.1 Å². The van der Waals surface area contributed by atoms with Crippen LogP contribution >= 0.6 is 0 Å². The van der Waals surface area contributed by atoms with Gasteiger partial charge in [-0.25, -0.2) is 0 Å². The summed E-state index contributed by atoms with van der Waals surface area (Å²) in [6.45, 7) is 0. The summed E-state index contributed by atoms with van der Waals surface area (Å²) in [5.74, 6) is 2.43. The lowest BCUT2D eigenvalue weighted by atomic mass is 10.3. The molecular weight excluding hydrogens is 110 g/mol. The third kappa shape index (κ3) is 1.98. The van der Waals surface area contributed by atoms with Crippen molar-refractivity contribution in [1.29, 1.82) is 0 Å². The van der Waals surface area contributed by atoms with Crippen molar-refractivity contribution in [2.24, 2.45) is 11.8 Å². The predicted octanol–water partition coefficient (Wildman–Crippen LogP) is 1.64. The molecule has 2 aliphatic rings. The van der Waals surface area contributed by atoms with Crippen LogP contribution in [0.25, 0.3) is 0 Å². The van der Waals surface area contributed by atoms with Gasteiger partial charge in [0, 0.05) is 0 Å². The molecule has 2 rings (SSSR count). The average Bonchev–Trinajstić information content (AvgIpc) is 2.43. The van der Waals surface area contributed by atoms with Gasteiger partial charge in [-0.3, -0.25) is 0 Å². The lowest BCUT2D eigenvalue weighted by Crippen LogP contribution is -1.89. The SMILES string of the molecule is C1CC2CC2C1.CNC. The standard InChI is InChI=1S/C6H10.C2H7N/c1-2-5-4-6(5)3-1;1-3-2/h5-6H,1-4H2;3H,1-2H3. The number of nitrogens with one attached hydrogen (secondary N) is 1. The highest BCUT2D eigenvalue weighted by Crippen LogP contribution is 2.51. The molecule has 0 aromatic rings. The van der Waals surface area contributed by atoms with Gasteiger partial charge in [-0.2, -0.15) is 0 Å². The lowest BCUT2D eigenvalue weighted by molar-refractivity contribution is 0.735. The van der Waals surface area contributed by atoms with E-state index in [1.807, 2.05) is 14.1 Å².